The molecule has 34 heavy (non-hydrogen) atoms. The van der Waals surface area contributed by atoms with E-state index in [0.717, 1.165) is 13.2 Å². The number of rotatable bonds is 30. The van der Waals surface area contributed by atoms with Gasteiger partial charge in [0, 0.05) is 5.75 Å². The van der Waals surface area contributed by atoms with E-state index < -0.39 is 7.58 Å². The van der Waals surface area contributed by atoms with Crippen molar-refractivity contribution >= 4 is 19.0 Å². The molecule has 0 radical (unpaired) electrons. The molecule has 4 heteroatoms. The van der Waals surface area contributed by atoms with Gasteiger partial charge in [-0.05, 0) is 19.3 Å². The fourth-order valence-electron chi connectivity index (χ4n) is 4.24. The van der Waals surface area contributed by atoms with Gasteiger partial charge in [-0.2, -0.15) is 0 Å². The molecule has 0 aliphatic heterocycles. The van der Waals surface area contributed by atoms with Crippen molar-refractivity contribution in [3.05, 3.63) is 0 Å². The summed E-state index contributed by atoms with van der Waals surface area (Å²) in [6.45, 7) is 8.66. The maximum Gasteiger partial charge on any atom is 0.238 e. The smallest absolute Gasteiger partial charge is 0.238 e. The van der Waals surface area contributed by atoms with Crippen LogP contribution in [0.3, 0.4) is 0 Å². The molecule has 2 nitrogen and oxygen atoms in total. The monoisotopic (exact) mass is 518 g/mol. The summed E-state index contributed by atoms with van der Waals surface area (Å²) in [7, 11) is -0.742. The van der Waals surface area contributed by atoms with Gasteiger partial charge in [0.15, 0.2) is 0 Å². The molecule has 0 aliphatic carbocycles. The van der Waals surface area contributed by atoms with Crippen molar-refractivity contribution in [2.75, 3.05) is 19.0 Å². The first-order valence-corrected chi connectivity index (χ1v) is 18.3. The summed E-state index contributed by atoms with van der Waals surface area (Å²) in [5.41, 5.74) is 0. The molecule has 0 aromatic heterocycles. The lowest BCUT2D eigenvalue weighted by molar-refractivity contribution is 0.251. The molecule has 0 aromatic carbocycles. The average molecular weight is 519 g/mol. The predicted octanol–water partition coefficient (Wildman–Crippen LogP) is 12.4. The van der Waals surface area contributed by atoms with E-state index in [1.54, 1.807) is 0 Å². The number of unbranched alkanes of at least 4 members (excludes halogenated alkanes) is 21. The van der Waals surface area contributed by atoms with E-state index in [1.165, 1.54) is 160 Å². The minimum Gasteiger partial charge on any atom is -0.326 e. The molecule has 0 N–H and O–H groups in total. The molecule has 0 saturated carbocycles. The van der Waals surface area contributed by atoms with Crippen LogP contribution in [0.1, 0.15) is 175 Å². The molecule has 0 aliphatic rings. The third kappa shape index (κ3) is 28.9. The van der Waals surface area contributed by atoms with Crippen molar-refractivity contribution < 1.29 is 9.05 Å². The second-order valence-electron chi connectivity index (χ2n) is 10.1. The summed E-state index contributed by atoms with van der Waals surface area (Å²) in [5.74, 6) is 1.20. The van der Waals surface area contributed by atoms with E-state index >= 15 is 0 Å². The molecule has 0 heterocycles. The van der Waals surface area contributed by atoms with Crippen molar-refractivity contribution in [3.63, 3.8) is 0 Å². The van der Waals surface area contributed by atoms with Crippen molar-refractivity contribution in [1.82, 2.24) is 0 Å². The zero-order chi connectivity index (χ0) is 24.8. The molecular weight excluding hydrogens is 455 g/mol. The molecule has 0 atom stereocenters. The van der Waals surface area contributed by atoms with Gasteiger partial charge < -0.3 is 9.05 Å². The highest BCUT2D eigenvalue weighted by molar-refractivity contribution is 8.52. The van der Waals surface area contributed by atoms with E-state index in [4.69, 9.17) is 9.05 Å². The van der Waals surface area contributed by atoms with E-state index in [0.29, 0.717) is 0 Å². The van der Waals surface area contributed by atoms with Crippen LogP contribution >= 0.6 is 19.0 Å². The Hall–Kier alpha value is 0.700. The summed E-state index contributed by atoms with van der Waals surface area (Å²) in [6, 6.07) is 0. The third-order valence-corrected chi connectivity index (χ3v) is 9.87. The normalized spacial score (nSPS) is 11.6. The molecule has 0 unspecified atom stereocenters. The Balaban J connectivity index is 3.85. The van der Waals surface area contributed by atoms with Gasteiger partial charge in [0.05, 0.1) is 13.2 Å². The van der Waals surface area contributed by atoms with Gasteiger partial charge in [-0.1, -0.05) is 167 Å². The van der Waals surface area contributed by atoms with Crippen LogP contribution in [0.2, 0.25) is 0 Å². The Morgan fingerprint density at radius 3 is 1.03 bits per heavy atom. The Labute approximate surface area is 221 Å². The van der Waals surface area contributed by atoms with Crippen LogP contribution in [-0.4, -0.2) is 19.0 Å². The molecule has 206 valence electrons. The van der Waals surface area contributed by atoms with Crippen LogP contribution in [0.4, 0.5) is 0 Å². The Morgan fingerprint density at radius 2 is 0.676 bits per heavy atom. The molecule has 0 saturated heterocycles. The molecule has 0 rings (SSSR count). The second-order valence-corrected chi connectivity index (χ2v) is 13.4. The average Bonchev–Trinajstić information content (AvgIpc) is 2.85. The minimum absolute atomic E-state index is 0.742. The highest BCUT2D eigenvalue weighted by atomic mass is 32.7. The van der Waals surface area contributed by atoms with E-state index in [2.05, 4.69) is 20.8 Å². The lowest BCUT2D eigenvalue weighted by atomic mass is 10.1. The standard InChI is InChI=1S/C30H63O2PS/c1-4-7-10-13-16-19-22-25-28-31-33(32-29-26-23-20-17-14-11-8-5-2)34-30-27-24-21-18-15-12-9-6-3/h4-30H2,1-3H3. The molecule has 0 aromatic rings. The summed E-state index contributed by atoms with van der Waals surface area (Å²) in [4.78, 5) is 0. The van der Waals surface area contributed by atoms with Gasteiger partial charge in [-0.25, -0.2) is 0 Å². The topological polar surface area (TPSA) is 18.5 Å². The Kier molecular flexibility index (Phi) is 32.4. The fourth-order valence-corrected chi connectivity index (χ4v) is 7.23. The Morgan fingerprint density at radius 1 is 0.382 bits per heavy atom. The molecule has 0 fully saturated rings. The molecule has 0 amide bonds. The summed E-state index contributed by atoms with van der Waals surface area (Å²) in [5, 5.41) is 0. The quantitative estimate of drug-likeness (QED) is 0.0695. The Bertz CT molecular complexity index is 304. The van der Waals surface area contributed by atoms with Gasteiger partial charge in [-0.15, -0.1) is 0 Å². The molecule has 0 spiro atoms. The van der Waals surface area contributed by atoms with Crippen molar-refractivity contribution in [1.29, 1.82) is 0 Å². The zero-order valence-electron chi connectivity index (χ0n) is 23.8. The van der Waals surface area contributed by atoms with Crippen molar-refractivity contribution in [3.8, 4) is 0 Å². The SMILES string of the molecule is CCCCCCCCCCOP(OCCCCCCCCCC)SCCCCCCCCCC. The van der Waals surface area contributed by atoms with Crippen LogP contribution in [0.25, 0.3) is 0 Å². The van der Waals surface area contributed by atoms with Gasteiger partial charge in [0.25, 0.3) is 0 Å². The van der Waals surface area contributed by atoms with Gasteiger partial charge in [0.1, 0.15) is 0 Å². The van der Waals surface area contributed by atoms with Crippen LogP contribution in [-0.2, 0) is 9.05 Å². The number of hydrogen-bond donors (Lipinski definition) is 0. The number of hydrogen-bond acceptors (Lipinski definition) is 3. The van der Waals surface area contributed by atoms with Gasteiger partial charge in [-0.3, -0.25) is 0 Å². The first-order chi connectivity index (χ1) is 16.8. The minimum atomic E-state index is -0.742. The fraction of sp³-hybridized carbons (Fsp3) is 1.00. The van der Waals surface area contributed by atoms with E-state index in [-0.39, 0.29) is 0 Å². The van der Waals surface area contributed by atoms with Crippen molar-refractivity contribution in [2.24, 2.45) is 0 Å². The molecular formula is C30H63O2PS. The lowest BCUT2D eigenvalue weighted by Gasteiger charge is -2.17. The maximum absolute atomic E-state index is 6.24. The van der Waals surface area contributed by atoms with Crippen molar-refractivity contribution in [2.45, 2.75) is 175 Å². The van der Waals surface area contributed by atoms with Crippen LogP contribution in [0.15, 0.2) is 0 Å². The zero-order valence-corrected chi connectivity index (χ0v) is 25.5. The van der Waals surface area contributed by atoms with E-state index in [9.17, 15) is 0 Å². The first kappa shape index (κ1) is 34.7. The lowest BCUT2D eigenvalue weighted by Crippen LogP contribution is -1.95. The first-order valence-electron chi connectivity index (χ1n) is 15.5. The van der Waals surface area contributed by atoms with Crippen LogP contribution < -0.4 is 0 Å². The summed E-state index contributed by atoms with van der Waals surface area (Å²) < 4.78 is 12.5. The largest absolute Gasteiger partial charge is 0.326 e. The highest BCUT2D eigenvalue weighted by Gasteiger charge is 2.11. The van der Waals surface area contributed by atoms with E-state index in [1.807, 2.05) is 11.4 Å². The highest BCUT2D eigenvalue weighted by Crippen LogP contribution is 2.52. The van der Waals surface area contributed by atoms with Gasteiger partial charge in [0.2, 0.25) is 7.58 Å². The predicted molar refractivity (Wildman–Crippen MR) is 159 cm³/mol. The van der Waals surface area contributed by atoms with Crippen LogP contribution in [0, 0.1) is 0 Å². The van der Waals surface area contributed by atoms with Crippen LogP contribution in [0.5, 0.6) is 0 Å². The summed E-state index contributed by atoms with van der Waals surface area (Å²) >= 11 is 1.97. The third-order valence-electron chi connectivity index (χ3n) is 6.58. The van der Waals surface area contributed by atoms with Gasteiger partial charge >= 0.3 is 0 Å². The summed E-state index contributed by atoms with van der Waals surface area (Å²) in [6.07, 6.45) is 32.8. The second kappa shape index (κ2) is 31.7. The maximum atomic E-state index is 6.24. The molecule has 0 bridgehead atoms.